The Bertz CT molecular complexity index is 1330. The van der Waals surface area contributed by atoms with Crippen molar-refractivity contribution in [3.05, 3.63) is 65.1 Å². The molecule has 0 bridgehead atoms. The average Bonchev–Trinajstić information content (AvgIpc) is 3.68. The molecule has 0 radical (unpaired) electrons. The van der Waals surface area contributed by atoms with Gasteiger partial charge in [0.25, 0.3) is 5.91 Å². The number of carbonyl (C=O) groups is 2. The molecule has 2 amide bonds. The molecule has 0 spiro atoms. The highest BCUT2D eigenvalue weighted by Gasteiger charge is 2.39. The molecule has 2 saturated carbocycles. The third-order valence-electron chi connectivity index (χ3n) is 8.09. The highest BCUT2D eigenvalue weighted by molar-refractivity contribution is 5.96. The van der Waals surface area contributed by atoms with Crippen LogP contribution in [0.3, 0.4) is 0 Å². The molecule has 2 N–H and O–H groups in total. The number of aryl methyl sites for hydroxylation is 1. The summed E-state index contributed by atoms with van der Waals surface area (Å²) >= 11 is 0. The molecule has 9 heteroatoms. The maximum Gasteiger partial charge on any atom is 0.252 e. The van der Waals surface area contributed by atoms with Gasteiger partial charge in [0.05, 0.1) is 30.2 Å². The normalized spacial score (nSPS) is 19.0. The highest BCUT2D eigenvalue weighted by atomic mass is 19.3. The summed E-state index contributed by atoms with van der Waals surface area (Å²) in [6.45, 7) is 3.98. The number of hydrogen-bond donors (Lipinski definition) is 2. The van der Waals surface area contributed by atoms with Crippen LogP contribution in [0.15, 0.2) is 42.7 Å². The molecule has 2 aromatic heterocycles. The van der Waals surface area contributed by atoms with Gasteiger partial charge in [-0.25, -0.2) is 18.3 Å². The minimum absolute atomic E-state index is 0.0301. The van der Waals surface area contributed by atoms with Gasteiger partial charge < -0.3 is 10.6 Å². The van der Waals surface area contributed by atoms with E-state index in [1.807, 2.05) is 38.1 Å². The quantitative estimate of drug-likeness (QED) is 0.334. The number of nitrogens with one attached hydrogen (secondary N) is 2. The summed E-state index contributed by atoms with van der Waals surface area (Å²) in [6.07, 6.45) is 7.83. The lowest BCUT2D eigenvalue weighted by Gasteiger charge is -2.33. The first-order chi connectivity index (χ1) is 18.8. The smallest absolute Gasteiger partial charge is 0.252 e. The maximum atomic E-state index is 14.0. The fourth-order valence-corrected chi connectivity index (χ4v) is 5.70. The molecule has 39 heavy (non-hydrogen) atoms. The number of hydrogen-bond acceptors (Lipinski definition) is 4. The van der Waals surface area contributed by atoms with Crippen LogP contribution in [0.4, 0.5) is 8.78 Å². The first-order valence-corrected chi connectivity index (χ1v) is 14.2. The van der Waals surface area contributed by atoms with E-state index in [2.05, 4.69) is 15.7 Å². The second-order valence-corrected chi connectivity index (χ2v) is 11.0. The number of aromatic nitrogens is 3. The van der Waals surface area contributed by atoms with E-state index in [0.717, 1.165) is 30.4 Å². The van der Waals surface area contributed by atoms with E-state index in [0.29, 0.717) is 48.5 Å². The van der Waals surface area contributed by atoms with Gasteiger partial charge in [0.2, 0.25) is 11.8 Å². The molecule has 208 valence electrons. The molecule has 5 rings (SSSR count). The van der Waals surface area contributed by atoms with Crippen LogP contribution in [0.1, 0.15) is 104 Å². The largest absolute Gasteiger partial charge is 0.349 e. The summed E-state index contributed by atoms with van der Waals surface area (Å²) in [7, 11) is 0. The Morgan fingerprint density at radius 3 is 2.46 bits per heavy atom. The van der Waals surface area contributed by atoms with Crippen LogP contribution in [0.2, 0.25) is 0 Å². The molecule has 2 aliphatic rings. The molecule has 1 aromatic carbocycles. The van der Waals surface area contributed by atoms with Crippen molar-refractivity contribution >= 4 is 17.5 Å². The summed E-state index contributed by atoms with van der Waals surface area (Å²) in [5, 5.41) is 10.9. The van der Waals surface area contributed by atoms with Crippen LogP contribution in [0, 0.1) is 11.8 Å². The third-order valence-corrected chi connectivity index (χ3v) is 8.09. The second kappa shape index (κ2) is 11.4. The van der Waals surface area contributed by atoms with Crippen molar-refractivity contribution in [3.63, 3.8) is 0 Å². The molecule has 7 nitrogen and oxygen atoms in total. The Morgan fingerprint density at radius 2 is 1.77 bits per heavy atom. The Balaban J connectivity index is 1.44. The van der Waals surface area contributed by atoms with Crippen molar-refractivity contribution in [3.8, 4) is 0 Å². The number of nitrogens with zero attached hydrogens (tertiary/aromatic N) is 3. The van der Waals surface area contributed by atoms with Gasteiger partial charge in [-0.2, -0.15) is 5.10 Å². The van der Waals surface area contributed by atoms with Crippen molar-refractivity contribution in [2.24, 2.45) is 11.8 Å². The number of fused-ring (bicyclic) bond motifs is 1. The average molecular weight is 538 g/mol. The summed E-state index contributed by atoms with van der Waals surface area (Å²) in [6, 6.07) is 8.76. The topological polar surface area (TPSA) is 88.4 Å². The minimum atomic E-state index is -2.67. The van der Waals surface area contributed by atoms with Gasteiger partial charge in [0.1, 0.15) is 0 Å². The lowest BCUT2D eigenvalue weighted by atomic mass is 9.81. The summed E-state index contributed by atoms with van der Waals surface area (Å²) in [5.41, 5.74) is 3.63. The first kappa shape index (κ1) is 27.2. The van der Waals surface area contributed by atoms with Crippen LogP contribution in [-0.2, 0) is 11.2 Å². The summed E-state index contributed by atoms with van der Waals surface area (Å²) in [5.74, 6) is -2.65. The fourth-order valence-electron chi connectivity index (χ4n) is 5.70. The van der Waals surface area contributed by atoms with E-state index in [1.54, 1.807) is 23.0 Å². The SMILES string of the molecule is CCCC(=O)N[C@@H](c1cnn2cc([C@@H](NC(=O)c3ccccc3CC)C3CCC(F)(F)CC3)nc2c1)C1CC1. The molecule has 2 atom stereocenters. The molecular weight excluding hydrogens is 500 g/mol. The Kier molecular flexibility index (Phi) is 7.96. The Labute approximate surface area is 227 Å². The monoisotopic (exact) mass is 537 g/mol. The lowest BCUT2D eigenvalue weighted by Crippen LogP contribution is -2.37. The summed E-state index contributed by atoms with van der Waals surface area (Å²) < 4.78 is 29.7. The number of rotatable bonds is 10. The lowest BCUT2D eigenvalue weighted by molar-refractivity contribution is -0.122. The number of benzene rings is 1. The van der Waals surface area contributed by atoms with Gasteiger partial charge in [-0.05, 0) is 73.6 Å². The molecular formula is C30H37F2N5O2. The van der Waals surface area contributed by atoms with E-state index in [1.165, 1.54) is 0 Å². The predicted octanol–water partition coefficient (Wildman–Crippen LogP) is 5.96. The van der Waals surface area contributed by atoms with Crippen molar-refractivity contribution in [2.45, 2.75) is 89.6 Å². The van der Waals surface area contributed by atoms with Crippen LogP contribution in [0.5, 0.6) is 0 Å². The van der Waals surface area contributed by atoms with Crippen molar-refractivity contribution in [1.29, 1.82) is 0 Å². The predicted molar refractivity (Wildman–Crippen MR) is 144 cm³/mol. The van der Waals surface area contributed by atoms with Crippen molar-refractivity contribution in [1.82, 2.24) is 25.2 Å². The Morgan fingerprint density at radius 1 is 1.05 bits per heavy atom. The first-order valence-electron chi connectivity index (χ1n) is 14.2. The van der Waals surface area contributed by atoms with Crippen LogP contribution in [0.25, 0.3) is 5.65 Å². The molecule has 2 fully saturated rings. The zero-order chi connectivity index (χ0) is 27.6. The van der Waals surface area contributed by atoms with Crippen LogP contribution >= 0.6 is 0 Å². The highest BCUT2D eigenvalue weighted by Crippen LogP contribution is 2.42. The minimum Gasteiger partial charge on any atom is -0.349 e. The van der Waals surface area contributed by atoms with E-state index < -0.39 is 12.0 Å². The molecule has 0 unspecified atom stereocenters. The van der Waals surface area contributed by atoms with Gasteiger partial charge in [-0.1, -0.05) is 32.0 Å². The fraction of sp³-hybridized carbons (Fsp3) is 0.533. The van der Waals surface area contributed by atoms with E-state index in [4.69, 9.17) is 4.98 Å². The Hall–Kier alpha value is -3.36. The van der Waals surface area contributed by atoms with Crippen molar-refractivity contribution in [2.75, 3.05) is 0 Å². The summed E-state index contributed by atoms with van der Waals surface area (Å²) in [4.78, 5) is 30.6. The van der Waals surface area contributed by atoms with Gasteiger partial charge >= 0.3 is 0 Å². The van der Waals surface area contributed by atoms with E-state index in [9.17, 15) is 18.4 Å². The molecule has 0 saturated heterocycles. The van der Waals surface area contributed by atoms with Gasteiger partial charge in [0.15, 0.2) is 5.65 Å². The second-order valence-electron chi connectivity index (χ2n) is 11.0. The molecule has 3 aromatic rings. The van der Waals surface area contributed by atoms with Crippen LogP contribution < -0.4 is 10.6 Å². The van der Waals surface area contributed by atoms with Crippen LogP contribution in [-0.4, -0.2) is 32.3 Å². The number of halogens is 2. The van der Waals surface area contributed by atoms with Gasteiger partial charge in [0, 0.05) is 24.8 Å². The third kappa shape index (κ3) is 6.28. The van der Waals surface area contributed by atoms with E-state index >= 15 is 0 Å². The standard InChI is InChI=1S/C30H37F2N5O2/c1-3-7-26(38)35-27(20-10-11-20)22-16-25-34-24(18-37(25)33-17-22)28(21-12-14-30(31,32)15-13-21)36-29(39)23-9-6-5-8-19(23)4-2/h5-6,8-9,16-18,20-21,27-28H,3-4,7,10-15H2,1-2H3,(H,35,38)(H,36,39)/t27-,28+/m1/s1. The molecule has 2 aliphatic carbocycles. The number of imidazole rings is 1. The number of carbonyl (C=O) groups excluding carboxylic acids is 2. The molecule has 0 aliphatic heterocycles. The zero-order valence-corrected chi connectivity index (χ0v) is 22.6. The molecule has 2 heterocycles. The number of alkyl halides is 2. The van der Waals surface area contributed by atoms with Gasteiger partial charge in [-0.15, -0.1) is 0 Å². The maximum absolute atomic E-state index is 14.0. The van der Waals surface area contributed by atoms with E-state index in [-0.39, 0.29) is 36.6 Å². The number of amides is 2. The van der Waals surface area contributed by atoms with Gasteiger partial charge in [-0.3, -0.25) is 9.59 Å². The zero-order valence-electron chi connectivity index (χ0n) is 22.6. The van der Waals surface area contributed by atoms with Crippen molar-refractivity contribution < 1.29 is 18.4 Å².